The Morgan fingerprint density at radius 1 is 1.18 bits per heavy atom. The summed E-state index contributed by atoms with van der Waals surface area (Å²) >= 11 is 6.11. The molecule has 1 aromatic carbocycles. The second-order valence-electron chi connectivity index (χ2n) is 5.09. The predicted octanol–water partition coefficient (Wildman–Crippen LogP) is 2.88. The third-order valence-corrected chi connectivity index (χ3v) is 3.93. The van der Waals surface area contributed by atoms with E-state index in [1.807, 2.05) is 40.9 Å². The maximum atomic E-state index is 6.11. The first-order valence-electron chi connectivity index (χ1n) is 7.03. The molecule has 3 aromatic rings. The summed E-state index contributed by atoms with van der Waals surface area (Å²) in [6.45, 7) is 0.799. The third kappa shape index (κ3) is 2.10. The average molecular weight is 316 g/mol. The fourth-order valence-electron chi connectivity index (χ4n) is 2.72. The van der Waals surface area contributed by atoms with E-state index in [-0.39, 0.29) is 6.79 Å². The summed E-state index contributed by atoms with van der Waals surface area (Å²) in [4.78, 5) is 4.72. The van der Waals surface area contributed by atoms with E-state index >= 15 is 0 Å². The summed E-state index contributed by atoms with van der Waals surface area (Å²) in [5.41, 5.74) is 9.53. The van der Waals surface area contributed by atoms with Gasteiger partial charge in [-0.1, -0.05) is 11.6 Å². The van der Waals surface area contributed by atoms with E-state index in [1.165, 1.54) is 0 Å². The highest BCUT2D eigenvalue weighted by Crippen LogP contribution is 2.37. The van der Waals surface area contributed by atoms with Gasteiger partial charge >= 0.3 is 0 Å². The lowest BCUT2D eigenvalue weighted by atomic mass is 10.1. The number of pyridine rings is 1. The van der Waals surface area contributed by atoms with Gasteiger partial charge in [-0.05, 0) is 36.9 Å². The van der Waals surface area contributed by atoms with Crippen molar-refractivity contribution in [2.24, 2.45) is 5.73 Å². The van der Waals surface area contributed by atoms with Gasteiger partial charge in [-0.25, -0.2) is 4.98 Å². The standard InChI is InChI=1S/C16H14ClN3O2/c17-11-2-4-15-19-16(12(5-6-18)20(15)8-11)10-1-3-13-14(7-10)22-9-21-13/h1-4,7-8H,5-6,9,18H2. The van der Waals surface area contributed by atoms with Crippen LogP contribution in [-0.2, 0) is 6.42 Å². The van der Waals surface area contributed by atoms with Gasteiger partial charge in [0.2, 0.25) is 6.79 Å². The molecule has 0 saturated carbocycles. The van der Waals surface area contributed by atoms with Crippen molar-refractivity contribution in [2.45, 2.75) is 6.42 Å². The Labute approximate surface area is 132 Å². The molecule has 0 saturated heterocycles. The minimum atomic E-state index is 0.259. The third-order valence-electron chi connectivity index (χ3n) is 3.71. The largest absolute Gasteiger partial charge is 0.454 e. The lowest BCUT2D eigenvalue weighted by Gasteiger charge is -2.05. The average Bonchev–Trinajstić information content (AvgIpc) is 3.12. The quantitative estimate of drug-likeness (QED) is 0.807. The second-order valence-corrected chi connectivity index (χ2v) is 5.53. The first kappa shape index (κ1) is 13.4. The highest BCUT2D eigenvalue weighted by Gasteiger charge is 2.18. The minimum absolute atomic E-state index is 0.259. The predicted molar refractivity (Wildman–Crippen MR) is 84.5 cm³/mol. The molecule has 0 unspecified atom stereocenters. The molecular weight excluding hydrogens is 302 g/mol. The van der Waals surface area contributed by atoms with Gasteiger partial charge in [-0.15, -0.1) is 0 Å². The summed E-state index contributed by atoms with van der Waals surface area (Å²) in [6, 6.07) is 9.57. The zero-order valence-corrected chi connectivity index (χ0v) is 12.5. The first-order chi connectivity index (χ1) is 10.8. The molecule has 0 atom stereocenters. The van der Waals surface area contributed by atoms with Crippen LogP contribution in [0.5, 0.6) is 11.5 Å². The Morgan fingerprint density at radius 3 is 2.91 bits per heavy atom. The molecule has 4 rings (SSSR count). The number of fused-ring (bicyclic) bond motifs is 2. The molecule has 0 radical (unpaired) electrons. The number of benzene rings is 1. The molecule has 2 aromatic heterocycles. The lowest BCUT2D eigenvalue weighted by Crippen LogP contribution is -2.06. The van der Waals surface area contributed by atoms with Crippen molar-refractivity contribution in [1.29, 1.82) is 0 Å². The molecular formula is C16H14ClN3O2. The van der Waals surface area contributed by atoms with Crippen molar-refractivity contribution < 1.29 is 9.47 Å². The van der Waals surface area contributed by atoms with Crippen LogP contribution >= 0.6 is 11.6 Å². The SMILES string of the molecule is NCCc1c(-c2ccc3c(c2)OCO3)nc2ccc(Cl)cn12. The Hall–Kier alpha value is -2.24. The maximum Gasteiger partial charge on any atom is 0.231 e. The number of ether oxygens (including phenoxy) is 2. The van der Waals surface area contributed by atoms with Gasteiger partial charge in [-0.2, -0.15) is 0 Å². The number of nitrogens with two attached hydrogens (primary N) is 1. The summed E-state index contributed by atoms with van der Waals surface area (Å²) in [5.74, 6) is 1.50. The fourth-order valence-corrected chi connectivity index (χ4v) is 2.88. The summed E-state index contributed by atoms with van der Waals surface area (Å²) in [7, 11) is 0. The molecule has 112 valence electrons. The van der Waals surface area contributed by atoms with Crippen LogP contribution in [0.3, 0.4) is 0 Å². The molecule has 5 nitrogen and oxygen atoms in total. The van der Waals surface area contributed by atoms with Gasteiger partial charge < -0.3 is 19.6 Å². The molecule has 6 heteroatoms. The van der Waals surface area contributed by atoms with Gasteiger partial charge in [0.1, 0.15) is 5.65 Å². The number of aromatic nitrogens is 2. The summed E-state index contributed by atoms with van der Waals surface area (Å²) in [6.07, 6.45) is 2.58. The van der Waals surface area contributed by atoms with Crippen LogP contribution < -0.4 is 15.2 Å². The molecule has 22 heavy (non-hydrogen) atoms. The van der Waals surface area contributed by atoms with E-state index in [1.54, 1.807) is 0 Å². The van der Waals surface area contributed by atoms with Crippen LogP contribution in [0.2, 0.25) is 5.02 Å². The topological polar surface area (TPSA) is 61.8 Å². The zero-order valence-electron chi connectivity index (χ0n) is 11.8. The van der Waals surface area contributed by atoms with E-state index in [0.717, 1.165) is 34.1 Å². The van der Waals surface area contributed by atoms with Gasteiger partial charge in [-0.3, -0.25) is 0 Å². The van der Waals surface area contributed by atoms with Crippen molar-refractivity contribution in [3.63, 3.8) is 0 Å². The summed E-state index contributed by atoms with van der Waals surface area (Å²) < 4.78 is 12.8. The van der Waals surface area contributed by atoms with Crippen LogP contribution in [0, 0.1) is 0 Å². The van der Waals surface area contributed by atoms with Crippen molar-refractivity contribution >= 4 is 17.2 Å². The monoisotopic (exact) mass is 315 g/mol. The van der Waals surface area contributed by atoms with Crippen molar-refractivity contribution in [3.05, 3.63) is 47.2 Å². The van der Waals surface area contributed by atoms with Crippen molar-refractivity contribution in [1.82, 2.24) is 9.38 Å². The molecule has 2 N–H and O–H groups in total. The second kappa shape index (κ2) is 5.19. The molecule has 0 aliphatic carbocycles. The van der Waals surface area contributed by atoms with Gasteiger partial charge in [0.15, 0.2) is 11.5 Å². The van der Waals surface area contributed by atoms with Gasteiger partial charge in [0, 0.05) is 18.2 Å². The zero-order chi connectivity index (χ0) is 15.1. The first-order valence-corrected chi connectivity index (χ1v) is 7.40. The molecule has 0 amide bonds. The molecule has 0 spiro atoms. The number of nitrogens with zero attached hydrogens (tertiary/aromatic N) is 2. The number of rotatable bonds is 3. The van der Waals surface area contributed by atoms with Crippen LogP contribution in [0.25, 0.3) is 16.9 Å². The molecule has 1 aliphatic heterocycles. The molecule has 3 heterocycles. The maximum absolute atomic E-state index is 6.11. The van der Waals surface area contributed by atoms with E-state index in [2.05, 4.69) is 0 Å². The Kier molecular flexibility index (Phi) is 3.17. The van der Waals surface area contributed by atoms with E-state index in [4.69, 9.17) is 31.8 Å². The van der Waals surface area contributed by atoms with E-state index < -0.39 is 0 Å². The smallest absolute Gasteiger partial charge is 0.231 e. The highest BCUT2D eigenvalue weighted by molar-refractivity contribution is 6.30. The van der Waals surface area contributed by atoms with Crippen LogP contribution in [0.1, 0.15) is 5.69 Å². The normalized spacial score (nSPS) is 13.0. The fraction of sp³-hybridized carbons (Fsp3) is 0.188. The van der Waals surface area contributed by atoms with Crippen LogP contribution in [0.15, 0.2) is 36.5 Å². The molecule has 0 fully saturated rings. The Morgan fingerprint density at radius 2 is 2.05 bits per heavy atom. The number of halogens is 1. The van der Waals surface area contributed by atoms with Crippen molar-refractivity contribution in [3.8, 4) is 22.8 Å². The molecule has 0 bridgehead atoms. The summed E-state index contributed by atoms with van der Waals surface area (Å²) in [5, 5.41) is 0.667. The molecule has 1 aliphatic rings. The van der Waals surface area contributed by atoms with Crippen LogP contribution in [0.4, 0.5) is 0 Å². The Balaban J connectivity index is 1.92. The number of imidazole rings is 1. The van der Waals surface area contributed by atoms with Crippen LogP contribution in [-0.4, -0.2) is 22.7 Å². The number of hydrogen-bond donors (Lipinski definition) is 1. The lowest BCUT2D eigenvalue weighted by molar-refractivity contribution is 0.174. The Bertz CT molecular complexity index is 860. The van der Waals surface area contributed by atoms with Gasteiger partial charge in [0.05, 0.1) is 16.4 Å². The highest BCUT2D eigenvalue weighted by atomic mass is 35.5. The van der Waals surface area contributed by atoms with E-state index in [9.17, 15) is 0 Å². The number of hydrogen-bond acceptors (Lipinski definition) is 4. The van der Waals surface area contributed by atoms with E-state index in [0.29, 0.717) is 18.0 Å². The van der Waals surface area contributed by atoms with Crippen molar-refractivity contribution in [2.75, 3.05) is 13.3 Å². The minimum Gasteiger partial charge on any atom is -0.454 e. The van der Waals surface area contributed by atoms with Gasteiger partial charge in [0.25, 0.3) is 0 Å².